The van der Waals surface area contributed by atoms with Crippen molar-refractivity contribution in [3.05, 3.63) is 234 Å². The third-order valence-electron chi connectivity index (χ3n) is 15.1. The molecule has 37 heteroatoms. The minimum absolute atomic E-state index is 0. The average molecular weight is 1720 g/mol. The van der Waals surface area contributed by atoms with Crippen LogP contribution in [0.2, 0.25) is 0 Å². The van der Waals surface area contributed by atoms with E-state index >= 15 is 0 Å². The quantitative estimate of drug-likeness (QED) is 0.0320. The van der Waals surface area contributed by atoms with Gasteiger partial charge in [-0.15, -0.1) is 25.3 Å². The van der Waals surface area contributed by atoms with Crippen molar-refractivity contribution in [1.82, 2.24) is 49.8 Å². The predicted octanol–water partition coefficient (Wildman–Crippen LogP) is 13.9. The zero-order valence-electron chi connectivity index (χ0n) is 61.3. The number of aliphatic imine (C=N–C) groups is 1. The molecule has 0 aliphatic carbocycles. The largest absolute Gasteiger partial charge is 0.504 e. The number of benzene rings is 8. The highest BCUT2D eigenvalue weighted by molar-refractivity contribution is 6.22. The van der Waals surface area contributed by atoms with Crippen molar-refractivity contribution in [3.8, 4) is 59.2 Å². The second kappa shape index (κ2) is 61.2. The zero-order valence-corrected chi connectivity index (χ0v) is 62.9. The maximum absolute atomic E-state index is 11.5. The molecule has 0 fully saturated rings. The Morgan fingerprint density at radius 2 is 0.697 bits per heavy atom. The number of rotatable bonds is 6. The Bertz CT molecular complexity index is 5740. The molecule has 1 atom stereocenters. The van der Waals surface area contributed by atoms with Crippen molar-refractivity contribution >= 4 is 150 Å². The van der Waals surface area contributed by atoms with Gasteiger partial charge in [-0.2, -0.15) is 57.5 Å². The Morgan fingerprint density at radius 1 is 0.393 bits per heavy atom. The molecule has 35 nitrogen and oxygen atoms in total. The van der Waals surface area contributed by atoms with Crippen molar-refractivity contribution in [2.45, 2.75) is 99.0 Å². The first-order valence-corrected chi connectivity index (χ1v) is 32.1. The fourth-order valence-electron chi connectivity index (χ4n) is 9.47. The molecule has 0 amide bonds. The maximum Gasteiger partial charge on any atom is 0.373 e. The van der Waals surface area contributed by atoms with E-state index in [4.69, 9.17) is 102 Å². The molecule has 122 heavy (non-hydrogen) atoms. The van der Waals surface area contributed by atoms with Gasteiger partial charge in [0.05, 0.1) is 83.3 Å². The number of halogens is 2. The van der Waals surface area contributed by atoms with Crippen LogP contribution in [-0.2, 0) is 57.5 Å². The molecule has 642 valence electrons. The number of terminal acetylenes is 2. The number of alkyl halides is 1. The molecule has 1 unspecified atom stereocenters. The highest BCUT2D eigenvalue weighted by Gasteiger charge is 2.16. The van der Waals surface area contributed by atoms with Gasteiger partial charge in [-0.25, -0.2) is 34.9 Å². The number of phenols is 4. The van der Waals surface area contributed by atoms with E-state index < -0.39 is 0 Å². The van der Waals surface area contributed by atoms with Gasteiger partial charge in [0.2, 0.25) is 0 Å². The van der Waals surface area contributed by atoms with Gasteiger partial charge in [-0.3, -0.25) is 19.4 Å². The summed E-state index contributed by atoms with van der Waals surface area (Å²) in [4.78, 5) is 172. The van der Waals surface area contributed by atoms with E-state index in [1.54, 1.807) is 24.8 Å². The summed E-state index contributed by atoms with van der Waals surface area (Å²) in [6.07, 6.45) is 20.9. The van der Waals surface area contributed by atoms with Crippen LogP contribution in [0.25, 0.3) is 54.5 Å². The number of aryl methyl sites for hydroxylation is 6. The normalized spacial score (nSPS) is 9.52. The Labute approximate surface area is 711 Å². The Kier molecular flexibility index (Phi) is 58.4. The highest BCUT2D eigenvalue weighted by Crippen LogP contribution is 2.36. The molecule has 0 spiro atoms. The van der Waals surface area contributed by atoms with E-state index in [-0.39, 0.29) is 152 Å². The monoisotopic (exact) mass is 1710 g/mol. The summed E-state index contributed by atoms with van der Waals surface area (Å²) in [6, 6.07) is 35.7. The van der Waals surface area contributed by atoms with Crippen LogP contribution >= 0.6 is 24.0 Å². The van der Waals surface area contributed by atoms with Crippen molar-refractivity contribution in [3.63, 3.8) is 0 Å². The van der Waals surface area contributed by atoms with Gasteiger partial charge in [0.15, 0.2) is 40.0 Å². The first-order chi connectivity index (χ1) is 54.6. The van der Waals surface area contributed by atoms with E-state index in [0.29, 0.717) is 50.0 Å². The van der Waals surface area contributed by atoms with Gasteiger partial charge in [-0.1, -0.05) is 93.6 Å². The van der Waals surface area contributed by atoms with Crippen LogP contribution in [0.4, 0.5) is 28.7 Å². The summed E-state index contributed by atoms with van der Waals surface area (Å²) in [5, 5.41) is 49.9. The maximum atomic E-state index is 11.5. The minimum atomic E-state index is -0.347. The number of anilines is 5. The summed E-state index contributed by atoms with van der Waals surface area (Å²) in [5.41, 5.74) is 14.9. The molecule has 6 heterocycles. The van der Waals surface area contributed by atoms with E-state index in [1.807, 2.05) is 74.5 Å². The number of methoxy groups -OCH3 is 2. The van der Waals surface area contributed by atoms with Crippen LogP contribution in [0.5, 0.6) is 34.5 Å². The number of aromatic amines is 3. The standard InChI is InChI=1S/C18H15N3.C16H11N3O2.C10H11ClN2.C10H10N2O3.C10H10N2O.C8H6N2O3.6CO2.7CH4.ClH/c1-4-14-6-5-7-15(10-14)21-18-16-8-12(2)13(3)9-17(16)19-11-20-18;1-2-10-4-3-5-11(6-10)19-16-12-7-14(20)15(21)8-13(12)17-9-18-16;1-6-3-8-9(4-7(6)2)12-5-13-10(8)11;1-14-8-3-6-7(4-9(8)15-2)11-5-12-10(6)13;1-6-3-8-9(4-7(6)2)11-5-12-10(8)13;11-6-1-4-5(2-7(6)12)9-3-10-8(4)13;6*2-1-3;;;;;;;;/h1,5-11H,2-3H3,(H,19,20,21);1,3-9,20-21H,(H,17,18,19);3-5,10H,1-2H3,(H,12,13);3-5H,1-2H3,(H,11,12,13);3-5H,1-2H3,(H,11,12,13);1-3,11-12H,(H,9,10,13);;;;;;;7*1H4;1H. The first-order valence-electron chi connectivity index (χ1n) is 31.6. The van der Waals surface area contributed by atoms with Gasteiger partial charge in [0.25, 0.3) is 16.7 Å². The number of ether oxygens (including phenoxy) is 2. The molecule has 5 aromatic heterocycles. The van der Waals surface area contributed by atoms with Gasteiger partial charge in [0, 0.05) is 62.7 Å². The Balaban J connectivity index is -0.000000316. The number of nitrogens with one attached hydrogen (secondary N) is 6. The van der Waals surface area contributed by atoms with E-state index in [2.05, 4.69) is 135 Å². The summed E-state index contributed by atoms with van der Waals surface area (Å²) in [7, 11) is 3.06. The topological polar surface area (TPSA) is 541 Å². The molecule has 8 aromatic carbocycles. The number of carbonyl (C=O) groups excluding carboxylic acids is 12. The molecule has 10 N–H and O–H groups in total. The van der Waals surface area contributed by atoms with Crippen molar-refractivity contribution < 1.29 is 87.4 Å². The van der Waals surface area contributed by atoms with Crippen LogP contribution < -0.4 is 42.1 Å². The minimum Gasteiger partial charge on any atom is -0.504 e. The number of fused-ring (bicyclic) bond motifs is 6. The number of hydrogen-bond donors (Lipinski definition) is 10. The molecule has 0 saturated heterocycles. The average Bonchev–Trinajstić information content (AvgIpc) is 0.822. The van der Waals surface area contributed by atoms with Gasteiger partial charge < -0.3 is 60.8 Å². The second-order valence-electron chi connectivity index (χ2n) is 22.0. The smallest absolute Gasteiger partial charge is 0.373 e. The predicted molar refractivity (Wildman–Crippen MR) is 461 cm³/mol. The highest BCUT2D eigenvalue weighted by atomic mass is 35.5. The number of nitrogens with zero attached hydrogens (tertiary/aromatic N) is 8. The number of aromatic hydroxyl groups is 4. The van der Waals surface area contributed by atoms with Gasteiger partial charge in [0.1, 0.15) is 24.3 Å². The molecular weight excluding hydrogens is 1620 g/mol. The second-order valence-corrected chi connectivity index (χ2v) is 22.4. The fourth-order valence-corrected chi connectivity index (χ4v) is 9.71. The SMILES string of the molecule is C.C.C.C.C.C.C.C#Cc1cccc(Nc2ncnc3cc(C)c(C)cc23)c1.C#Cc1cccc(Nc2ncnc3cc(O)c(O)cc23)c1.COc1cc2nc[nH]c(=O)c2cc1OC.Cc1cc2c(cc1C)C(Cl)N=CN2.Cc1cc2nc[nH]c(=O)c2cc1C.Cl.O=C=O.O=C=O.O=C=O.O=C=O.O=C=O.O=C=O.O=c1[nH]cnc2cc(O)c(O)cc12. The number of hydrogen-bond acceptors (Lipinski definition) is 32. The molecule has 1 aliphatic rings. The lowest BCUT2D eigenvalue weighted by Gasteiger charge is -2.18. The summed E-state index contributed by atoms with van der Waals surface area (Å²) in [6.45, 7) is 12.3. The lowest BCUT2D eigenvalue weighted by molar-refractivity contribution is -0.193. The summed E-state index contributed by atoms with van der Waals surface area (Å²) < 4.78 is 10.2. The van der Waals surface area contributed by atoms with Crippen LogP contribution in [0.1, 0.15) is 108 Å². The lowest BCUT2D eigenvalue weighted by Crippen LogP contribution is -2.07. The molecular formula is C85H92Cl2N14O21. The van der Waals surface area contributed by atoms with Crippen LogP contribution in [0, 0.1) is 66.2 Å². The Hall–Kier alpha value is -16.3. The Morgan fingerprint density at radius 3 is 1.10 bits per heavy atom. The fraction of sp³-hybridized carbons (Fsp3) is 0.188. The molecule has 1 aliphatic heterocycles. The third-order valence-corrected chi connectivity index (χ3v) is 15.4. The van der Waals surface area contributed by atoms with E-state index in [0.717, 1.165) is 67.1 Å². The molecule has 13 aromatic rings. The van der Waals surface area contributed by atoms with Crippen LogP contribution in [-0.4, -0.2) is 128 Å². The number of H-pyrrole nitrogens is 3. The molecule has 14 rings (SSSR count). The van der Waals surface area contributed by atoms with Crippen LogP contribution in [0.3, 0.4) is 0 Å². The lowest BCUT2D eigenvalue weighted by atomic mass is 10.0. The molecule has 0 saturated carbocycles. The molecule has 0 radical (unpaired) electrons. The molecule has 0 bridgehead atoms. The number of aromatic nitrogens is 10. The van der Waals surface area contributed by atoms with Crippen molar-refractivity contribution in [2.24, 2.45) is 4.99 Å². The summed E-state index contributed by atoms with van der Waals surface area (Å²) in [5.74, 6) is 6.52. The van der Waals surface area contributed by atoms with Gasteiger partial charge in [-0.05, 0) is 160 Å². The zero-order chi connectivity index (χ0) is 85.0. The number of phenolic OH excluding ortho intramolecular Hbond substituents is 4. The summed E-state index contributed by atoms with van der Waals surface area (Å²) >= 11 is 6.03. The van der Waals surface area contributed by atoms with E-state index in [1.165, 1.54) is 86.0 Å². The first kappa shape index (κ1) is 117. The van der Waals surface area contributed by atoms with Crippen molar-refractivity contribution in [1.29, 1.82) is 0 Å². The van der Waals surface area contributed by atoms with E-state index in [9.17, 15) is 24.6 Å². The van der Waals surface area contributed by atoms with Gasteiger partial charge >= 0.3 is 36.9 Å². The van der Waals surface area contributed by atoms with Crippen LogP contribution in [0.15, 0.2) is 172 Å². The van der Waals surface area contributed by atoms with Crippen molar-refractivity contribution in [2.75, 3.05) is 30.2 Å². The third kappa shape index (κ3) is 35.4.